The Labute approximate surface area is 87.8 Å². The van der Waals surface area contributed by atoms with Crippen LogP contribution in [0.2, 0.25) is 0 Å². The van der Waals surface area contributed by atoms with Gasteiger partial charge in [0.2, 0.25) is 0 Å². The molecule has 0 aromatic heterocycles. The Morgan fingerprint density at radius 1 is 1.00 bits per heavy atom. The molecule has 0 aromatic carbocycles. The fourth-order valence-electron chi connectivity index (χ4n) is 0.503. The van der Waals surface area contributed by atoms with E-state index in [-0.39, 0.29) is 12.4 Å². The van der Waals surface area contributed by atoms with E-state index in [4.69, 9.17) is 4.79 Å². The van der Waals surface area contributed by atoms with Crippen LogP contribution in [-0.4, -0.2) is 16.5 Å². The summed E-state index contributed by atoms with van der Waals surface area (Å²) in [4.78, 5) is 8.98. The first-order chi connectivity index (χ1) is 5.19. The van der Waals surface area contributed by atoms with Crippen molar-refractivity contribution in [2.45, 2.75) is 24.7 Å². The van der Waals surface area contributed by atoms with Gasteiger partial charge in [-0.05, 0) is 23.2 Å². The summed E-state index contributed by atoms with van der Waals surface area (Å²) in [5.74, 6) is -7.43. The molecule has 0 amide bonds. The Morgan fingerprint density at radius 3 is 1.15 bits per heavy atom. The molecule has 0 saturated heterocycles. The predicted molar refractivity (Wildman–Crippen MR) is 43.5 cm³/mol. The van der Waals surface area contributed by atoms with Crippen LogP contribution < -0.4 is 0 Å². The molecule has 1 rings (SSSR count). The lowest BCUT2D eigenvalue weighted by Crippen LogP contribution is -2.50. The molecule has 80 valence electrons. The van der Waals surface area contributed by atoms with Crippen molar-refractivity contribution in [3.63, 3.8) is 0 Å². The van der Waals surface area contributed by atoms with Crippen molar-refractivity contribution in [1.82, 2.24) is 0 Å². The van der Waals surface area contributed by atoms with Crippen molar-refractivity contribution in [3.05, 3.63) is 0 Å². The van der Waals surface area contributed by atoms with Gasteiger partial charge in [-0.2, -0.15) is 17.6 Å². The van der Waals surface area contributed by atoms with Gasteiger partial charge in [0, 0.05) is 12.8 Å². The van der Waals surface area contributed by atoms with Crippen molar-refractivity contribution in [2.75, 3.05) is 0 Å². The fraction of sp³-hybridized carbons (Fsp3) is 0.800. The van der Waals surface area contributed by atoms with Crippen molar-refractivity contribution in [3.8, 4) is 0 Å². The molecule has 0 heterocycles. The minimum atomic E-state index is -3.72. The number of carbonyl (C=O) groups excluding carboxylic acids is 1. The summed E-state index contributed by atoms with van der Waals surface area (Å²) in [5.41, 5.74) is 0. The zero-order chi connectivity index (χ0) is 9.99. The topological polar surface area (TPSA) is 17.1 Å². The molecular formula is C5H5Cl3F4O. The first-order valence-electron chi connectivity index (χ1n) is 2.80. The van der Waals surface area contributed by atoms with Crippen molar-refractivity contribution < 1.29 is 22.4 Å². The van der Waals surface area contributed by atoms with Crippen LogP contribution in [0, 0.1) is 0 Å². The zero-order valence-electron chi connectivity index (χ0n) is 6.00. The zero-order valence-corrected chi connectivity index (χ0v) is 8.33. The first-order valence-corrected chi connectivity index (χ1v) is 3.55. The van der Waals surface area contributed by atoms with Gasteiger partial charge in [0.05, 0.1) is 0 Å². The van der Waals surface area contributed by atoms with E-state index in [0.717, 1.165) is 0 Å². The normalized spacial score (nSPS) is 21.4. The second-order valence-electron chi connectivity index (χ2n) is 2.13. The minimum absolute atomic E-state index is 0. The summed E-state index contributed by atoms with van der Waals surface area (Å²) in [6, 6.07) is 0. The van der Waals surface area contributed by atoms with Crippen LogP contribution in [0.25, 0.3) is 0 Å². The molecule has 0 bridgehead atoms. The number of alkyl halides is 4. The Bertz CT molecular complexity index is 167. The molecular weight excluding hydrogens is 258 g/mol. The average molecular weight is 263 g/mol. The molecule has 0 radical (unpaired) electrons. The molecule has 1 aliphatic carbocycles. The standard InChI is InChI=1S/C4H4F4.CCl2O.ClH/c5-3(6)1-2-4(3,7)8;2-1(3)4;/h1-2H2;;1H. The SMILES string of the molecule is Cl.FC1(F)CCC1(F)F.O=C(Cl)Cl. The maximum Gasteiger partial charge on any atom is 0.313 e. The number of halogens is 7. The maximum absolute atomic E-state index is 11.6. The van der Waals surface area contributed by atoms with E-state index in [0.29, 0.717) is 0 Å². The fourth-order valence-corrected chi connectivity index (χ4v) is 0.503. The van der Waals surface area contributed by atoms with Crippen molar-refractivity contribution in [1.29, 1.82) is 0 Å². The number of hydrogen-bond donors (Lipinski definition) is 0. The molecule has 1 nitrogen and oxygen atoms in total. The highest BCUT2D eigenvalue weighted by atomic mass is 35.5. The summed E-state index contributed by atoms with van der Waals surface area (Å²) < 4.78 is 45.4. The Hall–Kier alpha value is 0.260. The smallest absolute Gasteiger partial charge is 0.262 e. The predicted octanol–water partition coefficient (Wildman–Crippen LogP) is 4.06. The summed E-state index contributed by atoms with van der Waals surface area (Å²) in [7, 11) is 0. The highest BCUT2D eigenvalue weighted by molar-refractivity contribution is 6.93. The monoisotopic (exact) mass is 262 g/mol. The largest absolute Gasteiger partial charge is 0.313 e. The summed E-state index contributed by atoms with van der Waals surface area (Å²) in [5, 5.41) is 0. The molecule has 0 unspecified atom stereocenters. The van der Waals surface area contributed by atoms with Crippen LogP contribution in [0.3, 0.4) is 0 Å². The highest BCUT2D eigenvalue weighted by Crippen LogP contribution is 2.50. The molecule has 0 N–H and O–H groups in total. The molecule has 0 aromatic rings. The molecule has 0 spiro atoms. The summed E-state index contributed by atoms with van der Waals surface area (Å²) in [6.07, 6.45) is -1.33. The quantitative estimate of drug-likeness (QED) is 0.476. The maximum atomic E-state index is 11.6. The van der Waals surface area contributed by atoms with Crippen molar-refractivity contribution >= 4 is 40.3 Å². The number of hydrogen-bond acceptors (Lipinski definition) is 1. The third-order valence-electron chi connectivity index (χ3n) is 1.29. The summed E-state index contributed by atoms with van der Waals surface area (Å²) >= 11 is 8.80. The molecule has 8 heteroatoms. The van der Waals surface area contributed by atoms with Gasteiger partial charge in [-0.15, -0.1) is 12.4 Å². The van der Waals surface area contributed by atoms with E-state index < -0.39 is 29.4 Å². The van der Waals surface area contributed by atoms with Gasteiger partial charge >= 0.3 is 16.5 Å². The Kier molecular flexibility index (Phi) is 6.31. The van der Waals surface area contributed by atoms with E-state index >= 15 is 0 Å². The Balaban J connectivity index is 0. The first kappa shape index (κ1) is 15.7. The molecule has 0 aliphatic heterocycles. The molecule has 1 fully saturated rings. The van der Waals surface area contributed by atoms with Crippen LogP contribution in [0.15, 0.2) is 0 Å². The third kappa shape index (κ3) is 4.88. The molecule has 13 heavy (non-hydrogen) atoms. The van der Waals surface area contributed by atoms with E-state index in [1.807, 2.05) is 0 Å². The van der Waals surface area contributed by atoms with Crippen molar-refractivity contribution in [2.24, 2.45) is 0 Å². The molecule has 1 aliphatic rings. The minimum Gasteiger partial charge on any atom is -0.262 e. The second-order valence-corrected chi connectivity index (χ2v) is 3.01. The van der Waals surface area contributed by atoms with Crippen LogP contribution in [0.4, 0.5) is 22.4 Å². The third-order valence-corrected chi connectivity index (χ3v) is 1.29. The number of rotatable bonds is 0. The van der Waals surface area contributed by atoms with E-state index in [1.165, 1.54) is 0 Å². The van der Waals surface area contributed by atoms with Gasteiger partial charge in [0.1, 0.15) is 0 Å². The lowest BCUT2D eigenvalue weighted by molar-refractivity contribution is -0.275. The lowest BCUT2D eigenvalue weighted by atomic mass is 9.90. The second kappa shape index (κ2) is 5.22. The van der Waals surface area contributed by atoms with Gasteiger partial charge in [-0.3, -0.25) is 4.79 Å². The van der Waals surface area contributed by atoms with E-state index in [1.54, 1.807) is 0 Å². The van der Waals surface area contributed by atoms with Gasteiger partial charge in [0.15, 0.2) is 0 Å². The van der Waals surface area contributed by atoms with Crippen LogP contribution >= 0.6 is 35.6 Å². The van der Waals surface area contributed by atoms with Gasteiger partial charge in [0.25, 0.3) is 0 Å². The molecule has 0 atom stereocenters. The lowest BCUT2D eigenvalue weighted by Gasteiger charge is -2.35. The van der Waals surface area contributed by atoms with Crippen LogP contribution in [-0.2, 0) is 0 Å². The Morgan fingerprint density at radius 2 is 1.15 bits per heavy atom. The molecule has 1 saturated carbocycles. The van der Waals surface area contributed by atoms with E-state index in [2.05, 4.69) is 23.2 Å². The van der Waals surface area contributed by atoms with Gasteiger partial charge in [-0.1, -0.05) is 0 Å². The highest BCUT2D eigenvalue weighted by Gasteiger charge is 2.64. The number of carbonyl (C=O) groups is 1. The van der Waals surface area contributed by atoms with Crippen LogP contribution in [0.5, 0.6) is 0 Å². The van der Waals surface area contributed by atoms with Crippen LogP contribution in [0.1, 0.15) is 12.8 Å². The summed E-state index contributed by atoms with van der Waals surface area (Å²) in [6.45, 7) is 0. The average Bonchev–Trinajstić information content (AvgIpc) is 1.84. The van der Waals surface area contributed by atoms with Gasteiger partial charge in [-0.25, -0.2) is 0 Å². The van der Waals surface area contributed by atoms with Gasteiger partial charge < -0.3 is 0 Å². The van der Waals surface area contributed by atoms with E-state index in [9.17, 15) is 17.6 Å².